The molecule has 0 spiro atoms. The number of rotatable bonds is 3. The first-order valence-corrected chi connectivity index (χ1v) is 8.67. The van der Waals surface area contributed by atoms with Crippen LogP contribution in [0.3, 0.4) is 0 Å². The van der Waals surface area contributed by atoms with Gasteiger partial charge in [0.2, 0.25) is 5.91 Å². The molecule has 1 aliphatic carbocycles. The summed E-state index contributed by atoms with van der Waals surface area (Å²) >= 11 is 0. The molecule has 2 amide bonds. The lowest BCUT2D eigenvalue weighted by molar-refractivity contribution is -0.130. The number of amides is 2. The Morgan fingerprint density at radius 2 is 2.08 bits per heavy atom. The second-order valence-corrected chi connectivity index (χ2v) is 7.53. The van der Waals surface area contributed by atoms with Crippen LogP contribution in [-0.2, 0) is 28.9 Å². The van der Waals surface area contributed by atoms with Gasteiger partial charge in [-0.05, 0) is 58.4 Å². The van der Waals surface area contributed by atoms with E-state index in [0.717, 1.165) is 18.5 Å². The number of nitrogens with zero attached hydrogens (tertiary/aromatic N) is 2. The molecule has 0 bridgehead atoms. The number of aromatic amines is 1. The Balaban J connectivity index is 1.54. The average Bonchev–Trinajstić information content (AvgIpc) is 2.85. The molecule has 0 saturated carbocycles. The molecule has 132 valence electrons. The molecule has 1 fully saturated rings. The van der Waals surface area contributed by atoms with E-state index in [-0.39, 0.29) is 5.91 Å². The zero-order valence-corrected chi connectivity index (χ0v) is 14.6. The monoisotopic (exact) mass is 334 g/mol. The fraction of sp³-hybridized carbons (Fsp3) is 0.706. The first-order chi connectivity index (χ1) is 11.3. The Labute approximate surface area is 142 Å². The summed E-state index contributed by atoms with van der Waals surface area (Å²) in [4.78, 5) is 25.9. The number of ether oxygens (including phenoxy) is 1. The van der Waals surface area contributed by atoms with Crippen LogP contribution < -0.4 is 5.32 Å². The predicted molar refractivity (Wildman–Crippen MR) is 88.4 cm³/mol. The molecular weight excluding hydrogens is 308 g/mol. The second-order valence-electron chi connectivity index (χ2n) is 7.53. The van der Waals surface area contributed by atoms with E-state index < -0.39 is 17.7 Å². The van der Waals surface area contributed by atoms with Crippen LogP contribution in [0, 0.1) is 0 Å². The molecule has 24 heavy (non-hydrogen) atoms. The highest BCUT2D eigenvalue weighted by molar-refractivity contribution is 5.87. The lowest BCUT2D eigenvalue weighted by Gasteiger charge is -2.40. The van der Waals surface area contributed by atoms with Crippen LogP contribution in [-0.4, -0.2) is 45.3 Å². The molecule has 1 aromatic heterocycles. The van der Waals surface area contributed by atoms with Crippen molar-refractivity contribution in [2.45, 2.75) is 71.1 Å². The number of fused-ring (bicyclic) bond motifs is 1. The summed E-state index contributed by atoms with van der Waals surface area (Å²) in [5, 5.41) is 10.3. The number of likely N-dealkylation sites (tertiary alicyclic amines) is 1. The van der Waals surface area contributed by atoms with E-state index in [1.165, 1.54) is 29.0 Å². The van der Waals surface area contributed by atoms with Crippen molar-refractivity contribution in [2.75, 3.05) is 6.54 Å². The predicted octanol–water partition coefficient (Wildman–Crippen LogP) is 1.91. The number of nitrogens with one attached hydrogen (secondary N) is 2. The molecule has 2 heterocycles. The van der Waals surface area contributed by atoms with E-state index in [1.807, 2.05) is 20.8 Å². The number of carbonyl (C=O) groups excluding carboxylic acids is 2. The van der Waals surface area contributed by atoms with Gasteiger partial charge in [-0.2, -0.15) is 5.10 Å². The Kier molecular flexibility index (Phi) is 4.51. The minimum Gasteiger partial charge on any atom is -0.444 e. The number of aromatic nitrogens is 2. The van der Waals surface area contributed by atoms with Crippen LogP contribution in [0.25, 0.3) is 0 Å². The molecule has 1 saturated heterocycles. The maximum absolute atomic E-state index is 12.4. The third-order valence-electron chi connectivity index (χ3n) is 4.52. The van der Waals surface area contributed by atoms with Crippen LogP contribution in [0.2, 0.25) is 0 Å². The van der Waals surface area contributed by atoms with Gasteiger partial charge in [-0.1, -0.05) is 0 Å². The van der Waals surface area contributed by atoms with Crippen molar-refractivity contribution >= 4 is 12.0 Å². The lowest BCUT2D eigenvalue weighted by atomic mass is 9.96. The van der Waals surface area contributed by atoms with Crippen LogP contribution in [0.1, 0.15) is 57.0 Å². The highest BCUT2D eigenvalue weighted by Crippen LogP contribution is 2.23. The van der Waals surface area contributed by atoms with E-state index in [4.69, 9.17) is 4.74 Å². The minimum absolute atomic E-state index is 0.139. The summed E-state index contributed by atoms with van der Waals surface area (Å²) in [5.41, 5.74) is 2.81. The van der Waals surface area contributed by atoms with Gasteiger partial charge in [0.05, 0.1) is 12.2 Å². The highest BCUT2D eigenvalue weighted by Gasteiger charge is 2.39. The van der Waals surface area contributed by atoms with Crippen molar-refractivity contribution < 1.29 is 14.3 Å². The van der Waals surface area contributed by atoms with Gasteiger partial charge in [0.1, 0.15) is 11.6 Å². The van der Waals surface area contributed by atoms with E-state index in [2.05, 4.69) is 15.5 Å². The van der Waals surface area contributed by atoms with Crippen molar-refractivity contribution in [3.8, 4) is 0 Å². The molecule has 0 unspecified atom stereocenters. The fourth-order valence-corrected chi connectivity index (χ4v) is 3.18. The molecule has 1 aromatic rings. The third-order valence-corrected chi connectivity index (χ3v) is 4.52. The Morgan fingerprint density at radius 1 is 1.33 bits per heavy atom. The molecule has 3 rings (SSSR count). The van der Waals surface area contributed by atoms with Gasteiger partial charge in [0.25, 0.3) is 0 Å². The SMILES string of the molecule is CC(C)(C)OC(=O)N1CC[C@@H]1C(=O)NCc1n[nH]c2c1CCCC2. The first-order valence-electron chi connectivity index (χ1n) is 8.67. The van der Waals surface area contributed by atoms with Gasteiger partial charge in [0, 0.05) is 12.2 Å². The van der Waals surface area contributed by atoms with Crippen LogP contribution in [0.15, 0.2) is 0 Å². The normalized spacial score (nSPS) is 20.1. The highest BCUT2D eigenvalue weighted by atomic mass is 16.6. The van der Waals surface area contributed by atoms with Gasteiger partial charge in [-0.25, -0.2) is 4.79 Å². The van der Waals surface area contributed by atoms with Gasteiger partial charge < -0.3 is 10.1 Å². The fourth-order valence-electron chi connectivity index (χ4n) is 3.18. The Bertz CT molecular complexity index is 632. The minimum atomic E-state index is -0.554. The number of H-pyrrole nitrogens is 1. The van der Waals surface area contributed by atoms with Crippen molar-refractivity contribution in [2.24, 2.45) is 0 Å². The standard InChI is InChI=1S/C17H26N4O3/c1-17(2,3)24-16(23)21-9-8-14(21)15(22)18-10-13-11-6-4-5-7-12(11)19-20-13/h14H,4-10H2,1-3H3,(H,18,22)(H,19,20)/t14-/m1/s1. The molecule has 7 heteroatoms. The van der Waals surface area contributed by atoms with E-state index in [0.29, 0.717) is 19.5 Å². The van der Waals surface area contributed by atoms with Gasteiger partial charge in [0.15, 0.2) is 0 Å². The molecule has 1 aliphatic heterocycles. The van der Waals surface area contributed by atoms with E-state index in [9.17, 15) is 9.59 Å². The Morgan fingerprint density at radius 3 is 2.75 bits per heavy atom. The molecule has 2 N–H and O–H groups in total. The van der Waals surface area contributed by atoms with Crippen molar-refractivity contribution in [1.82, 2.24) is 20.4 Å². The second kappa shape index (κ2) is 6.45. The van der Waals surface area contributed by atoms with E-state index in [1.54, 1.807) is 0 Å². The maximum Gasteiger partial charge on any atom is 0.410 e. The zero-order valence-electron chi connectivity index (χ0n) is 14.6. The summed E-state index contributed by atoms with van der Waals surface area (Å²) < 4.78 is 5.34. The summed E-state index contributed by atoms with van der Waals surface area (Å²) in [6, 6.07) is -0.436. The molecule has 7 nitrogen and oxygen atoms in total. The average molecular weight is 334 g/mol. The number of aryl methyl sites for hydroxylation is 1. The molecular formula is C17H26N4O3. The van der Waals surface area contributed by atoms with Crippen molar-refractivity contribution in [3.63, 3.8) is 0 Å². The van der Waals surface area contributed by atoms with Gasteiger partial charge >= 0.3 is 6.09 Å². The largest absolute Gasteiger partial charge is 0.444 e. The van der Waals surface area contributed by atoms with Crippen molar-refractivity contribution in [1.29, 1.82) is 0 Å². The summed E-state index contributed by atoms with van der Waals surface area (Å²) in [6.07, 6.45) is 4.65. The topological polar surface area (TPSA) is 87.3 Å². The number of hydrogen-bond acceptors (Lipinski definition) is 4. The smallest absolute Gasteiger partial charge is 0.410 e. The lowest BCUT2D eigenvalue weighted by Crippen LogP contribution is -2.59. The van der Waals surface area contributed by atoms with Crippen molar-refractivity contribution in [3.05, 3.63) is 17.0 Å². The van der Waals surface area contributed by atoms with E-state index >= 15 is 0 Å². The molecule has 0 aromatic carbocycles. The molecule has 1 atom stereocenters. The van der Waals surface area contributed by atoms with Gasteiger partial charge in [-0.3, -0.25) is 14.8 Å². The summed E-state index contributed by atoms with van der Waals surface area (Å²) in [6.45, 7) is 6.43. The zero-order chi connectivity index (χ0) is 17.3. The van der Waals surface area contributed by atoms with Crippen LogP contribution in [0.4, 0.5) is 4.79 Å². The van der Waals surface area contributed by atoms with Gasteiger partial charge in [-0.15, -0.1) is 0 Å². The van der Waals surface area contributed by atoms with Crippen LogP contribution >= 0.6 is 0 Å². The third kappa shape index (κ3) is 3.55. The summed E-state index contributed by atoms with van der Waals surface area (Å²) in [5.74, 6) is -0.139. The first kappa shape index (κ1) is 16.8. The molecule has 2 aliphatic rings. The maximum atomic E-state index is 12.4. The number of hydrogen-bond donors (Lipinski definition) is 2. The Hall–Kier alpha value is -2.05. The number of carbonyl (C=O) groups is 2. The quantitative estimate of drug-likeness (QED) is 0.884. The van der Waals surface area contributed by atoms with Crippen LogP contribution in [0.5, 0.6) is 0 Å². The molecule has 0 radical (unpaired) electrons. The summed E-state index contributed by atoms with van der Waals surface area (Å²) in [7, 11) is 0.